The van der Waals surface area contributed by atoms with E-state index in [1.54, 1.807) is 36.4 Å². The van der Waals surface area contributed by atoms with E-state index in [4.69, 9.17) is 16.3 Å². The number of fused-ring (bicyclic) bond motifs is 3. The first-order valence-electron chi connectivity index (χ1n) is 7.95. The number of halogens is 1. The van der Waals surface area contributed by atoms with Crippen LogP contribution in [0.5, 0.6) is 0 Å². The quantitative estimate of drug-likeness (QED) is 0.716. The number of carbonyl (C=O) groups is 1. The highest BCUT2D eigenvalue weighted by Crippen LogP contribution is 2.47. The van der Waals surface area contributed by atoms with Gasteiger partial charge in [-0.25, -0.2) is 4.79 Å². The molecule has 124 valence electrons. The lowest BCUT2D eigenvalue weighted by Gasteiger charge is -2.23. The number of aliphatic hydroxyl groups is 1. The Bertz CT molecular complexity index is 919. The van der Waals surface area contributed by atoms with Gasteiger partial charge in [0.15, 0.2) is 0 Å². The van der Waals surface area contributed by atoms with E-state index in [0.717, 1.165) is 11.1 Å². The second-order valence-corrected chi connectivity index (χ2v) is 6.38. The van der Waals surface area contributed by atoms with Gasteiger partial charge in [-0.2, -0.15) is 0 Å². The molecule has 0 radical (unpaired) electrons. The molecule has 4 rings (SSSR count). The minimum atomic E-state index is -1.81. The molecule has 3 nitrogen and oxygen atoms in total. The van der Waals surface area contributed by atoms with Gasteiger partial charge in [0.25, 0.3) is 0 Å². The van der Waals surface area contributed by atoms with Crippen LogP contribution in [0.15, 0.2) is 72.8 Å². The largest absolute Gasteiger partial charge is 0.458 e. The van der Waals surface area contributed by atoms with Gasteiger partial charge >= 0.3 is 5.97 Å². The number of esters is 1. The van der Waals surface area contributed by atoms with Gasteiger partial charge in [0.2, 0.25) is 5.60 Å². The van der Waals surface area contributed by atoms with Crippen LogP contribution < -0.4 is 0 Å². The molecule has 0 aromatic heterocycles. The topological polar surface area (TPSA) is 46.5 Å². The molecule has 1 aliphatic carbocycles. The summed E-state index contributed by atoms with van der Waals surface area (Å²) in [4.78, 5) is 12.9. The van der Waals surface area contributed by atoms with Crippen molar-refractivity contribution in [1.82, 2.24) is 0 Å². The number of ether oxygens (including phenoxy) is 1. The Labute approximate surface area is 150 Å². The normalized spacial score (nSPS) is 13.8. The first-order chi connectivity index (χ1) is 12.1. The molecule has 1 N–H and O–H groups in total. The van der Waals surface area contributed by atoms with E-state index in [2.05, 4.69) is 0 Å². The van der Waals surface area contributed by atoms with Crippen molar-refractivity contribution in [1.29, 1.82) is 0 Å². The van der Waals surface area contributed by atoms with Crippen molar-refractivity contribution in [2.24, 2.45) is 0 Å². The van der Waals surface area contributed by atoms with Crippen molar-refractivity contribution in [2.45, 2.75) is 12.2 Å². The Kier molecular flexibility index (Phi) is 3.83. The molecule has 3 aromatic carbocycles. The molecule has 0 heterocycles. The van der Waals surface area contributed by atoms with Crippen molar-refractivity contribution >= 4 is 17.6 Å². The Morgan fingerprint density at radius 2 is 1.40 bits per heavy atom. The summed E-state index contributed by atoms with van der Waals surface area (Å²) >= 11 is 6.11. The molecule has 0 saturated carbocycles. The standard InChI is InChI=1S/C21H15ClO3/c22-19-12-6-1-7-14(19)13-25-20(23)21(24)17-10-4-2-8-15(17)16-9-3-5-11-18(16)21/h1-12,24H,13H2. The first kappa shape index (κ1) is 15.9. The van der Waals surface area contributed by atoms with Gasteiger partial charge in [0, 0.05) is 21.7 Å². The minimum Gasteiger partial charge on any atom is -0.458 e. The van der Waals surface area contributed by atoms with Crippen LogP contribution in [0, 0.1) is 0 Å². The third-order valence-corrected chi connectivity index (χ3v) is 4.90. The van der Waals surface area contributed by atoms with E-state index in [1.165, 1.54) is 0 Å². The molecular formula is C21H15ClO3. The number of carbonyl (C=O) groups excluding carboxylic acids is 1. The Morgan fingerprint density at radius 1 is 0.880 bits per heavy atom. The van der Waals surface area contributed by atoms with Gasteiger partial charge in [0.05, 0.1) is 0 Å². The van der Waals surface area contributed by atoms with Crippen LogP contribution in [0.4, 0.5) is 0 Å². The van der Waals surface area contributed by atoms with E-state index in [-0.39, 0.29) is 6.61 Å². The summed E-state index contributed by atoms with van der Waals surface area (Å²) in [6, 6.07) is 21.8. The summed E-state index contributed by atoms with van der Waals surface area (Å²) < 4.78 is 5.44. The van der Waals surface area contributed by atoms with Crippen molar-refractivity contribution in [2.75, 3.05) is 0 Å². The van der Waals surface area contributed by atoms with Crippen LogP contribution in [-0.4, -0.2) is 11.1 Å². The van der Waals surface area contributed by atoms with Gasteiger partial charge in [0.1, 0.15) is 6.61 Å². The maximum absolute atomic E-state index is 12.9. The predicted octanol–water partition coefficient (Wildman–Crippen LogP) is 4.30. The summed E-state index contributed by atoms with van der Waals surface area (Å²) in [5.41, 5.74) is 1.65. The zero-order chi connectivity index (χ0) is 17.4. The van der Waals surface area contributed by atoms with E-state index in [0.29, 0.717) is 21.7 Å². The summed E-state index contributed by atoms with van der Waals surface area (Å²) in [6.45, 7) is 0.00511. The fraction of sp³-hybridized carbons (Fsp3) is 0.0952. The highest BCUT2D eigenvalue weighted by Gasteiger charge is 2.49. The molecule has 4 heteroatoms. The summed E-state index contributed by atoms with van der Waals surface area (Å²) in [5.74, 6) is -0.704. The molecule has 0 fully saturated rings. The molecule has 25 heavy (non-hydrogen) atoms. The van der Waals surface area contributed by atoms with Crippen LogP contribution >= 0.6 is 11.6 Å². The van der Waals surface area contributed by atoms with E-state index < -0.39 is 11.6 Å². The van der Waals surface area contributed by atoms with Crippen molar-refractivity contribution in [3.63, 3.8) is 0 Å². The number of benzene rings is 3. The average molecular weight is 351 g/mol. The van der Waals surface area contributed by atoms with Gasteiger partial charge in [-0.1, -0.05) is 78.3 Å². The minimum absolute atomic E-state index is 0.00511. The summed E-state index contributed by atoms with van der Waals surface area (Å²) in [6.07, 6.45) is 0. The summed E-state index contributed by atoms with van der Waals surface area (Å²) in [5, 5.41) is 11.8. The van der Waals surface area contributed by atoms with Gasteiger partial charge < -0.3 is 9.84 Å². The Hall–Kier alpha value is -2.62. The summed E-state index contributed by atoms with van der Waals surface area (Å²) in [7, 11) is 0. The van der Waals surface area contributed by atoms with Gasteiger partial charge in [-0.05, 0) is 17.2 Å². The molecule has 0 atom stereocenters. The van der Waals surface area contributed by atoms with Crippen LogP contribution in [0.2, 0.25) is 5.02 Å². The average Bonchev–Trinajstić information content (AvgIpc) is 2.92. The van der Waals surface area contributed by atoms with Crippen molar-refractivity contribution in [3.05, 3.63) is 94.5 Å². The number of rotatable bonds is 3. The first-order valence-corrected chi connectivity index (χ1v) is 8.32. The highest BCUT2D eigenvalue weighted by molar-refractivity contribution is 6.31. The van der Waals surface area contributed by atoms with Crippen LogP contribution in [0.1, 0.15) is 16.7 Å². The van der Waals surface area contributed by atoms with E-state index in [1.807, 2.05) is 36.4 Å². The maximum atomic E-state index is 12.9. The van der Waals surface area contributed by atoms with E-state index >= 15 is 0 Å². The molecule has 0 unspecified atom stereocenters. The van der Waals surface area contributed by atoms with Crippen molar-refractivity contribution < 1.29 is 14.6 Å². The second-order valence-electron chi connectivity index (χ2n) is 5.97. The lowest BCUT2D eigenvalue weighted by atomic mass is 9.91. The van der Waals surface area contributed by atoms with Crippen LogP contribution in [0.3, 0.4) is 0 Å². The monoisotopic (exact) mass is 350 g/mol. The zero-order valence-electron chi connectivity index (χ0n) is 13.3. The molecule has 0 saturated heterocycles. The van der Waals surface area contributed by atoms with Crippen molar-refractivity contribution in [3.8, 4) is 11.1 Å². The molecule has 1 aliphatic rings. The molecule has 3 aromatic rings. The van der Waals surface area contributed by atoms with Crippen LogP contribution in [0.25, 0.3) is 11.1 Å². The van der Waals surface area contributed by atoms with Gasteiger partial charge in [-0.15, -0.1) is 0 Å². The fourth-order valence-electron chi connectivity index (χ4n) is 3.30. The molecule has 0 amide bonds. The Balaban J connectivity index is 1.71. The second kappa shape index (κ2) is 6.03. The fourth-order valence-corrected chi connectivity index (χ4v) is 3.49. The lowest BCUT2D eigenvalue weighted by Crippen LogP contribution is -2.36. The SMILES string of the molecule is O=C(OCc1ccccc1Cl)C1(O)c2ccccc2-c2ccccc21. The lowest BCUT2D eigenvalue weighted by molar-refractivity contribution is -0.163. The highest BCUT2D eigenvalue weighted by atomic mass is 35.5. The number of hydrogen-bond acceptors (Lipinski definition) is 3. The smallest absolute Gasteiger partial charge is 0.348 e. The molecular weight excluding hydrogens is 336 g/mol. The predicted molar refractivity (Wildman–Crippen MR) is 96.1 cm³/mol. The van der Waals surface area contributed by atoms with Gasteiger partial charge in [-0.3, -0.25) is 0 Å². The van der Waals surface area contributed by atoms with E-state index in [9.17, 15) is 9.90 Å². The molecule has 0 bridgehead atoms. The third kappa shape index (κ3) is 2.44. The Morgan fingerprint density at radius 3 is 2.00 bits per heavy atom. The molecule has 0 aliphatic heterocycles. The van der Waals surface area contributed by atoms with Crippen LogP contribution in [-0.2, 0) is 21.7 Å². The molecule has 0 spiro atoms. The number of hydrogen-bond donors (Lipinski definition) is 1. The zero-order valence-corrected chi connectivity index (χ0v) is 14.0. The third-order valence-electron chi connectivity index (χ3n) is 4.54. The maximum Gasteiger partial charge on any atom is 0.348 e.